The van der Waals surface area contributed by atoms with Crippen molar-refractivity contribution in [2.24, 2.45) is 0 Å². The zero-order chi connectivity index (χ0) is 11.8. The molecule has 0 bridgehead atoms. The second-order valence-corrected chi connectivity index (χ2v) is 4.41. The number of carbonyl (C=O) groups excluding carboxylic acids is 1. The molecule has 1 aromatic rings. The number of thioether (sulfide) groups is 1. The van der Waals surface area contributed by atoms with Crippen molar-refractivity contribution in [3.8, 4) is 0 Å². The number of nitrogens with zero attached hydrogens (tertiary/aromatic N) is 2. The number of carbonyl (C=O) groups is 1. The summed E-state index contributed by atoms with van der Waals surface area (Å²) in [6.45, 7) is 0. The minimum absolute atomic E-state index is 0.00532. The Hall–Kier alpha value is -1.05. The highest BCUT2D eigenvalue weighted by molar-refractivity contribution is 8.00. The van der Waals surface area contributed by atoms with Gasteiger partial charge in [-0.2, -0.15) is 29.9 Å². The van der Waals surface area contributed by atoms with Crippen LogP contribution in [0.15, 0.2) is 4.52 Å². The van der Waals surface area contributed by atoms with E-state index in [1.165, 1.54) is 11.8 Å². The van der Waals surface area contributed by atoms with Gasteiger partial charge in [-0.3, -0.25) is 4.79 Å². The van der Waals surface area contributed by atoms with Gasteiger partial charge in [0.2, 0.25) is 5.89 Å². The molecule has 4 nitrogen and oxygen atoms in total. The fraction of sp³-hybridized carbons (Fsp3) is 0.625. The second kappa shape index (κ2) is 4.08. The third kappa shape index (κ3) is 2.55. The lowest BCUT2D eigenvalue weighted by atomic mass is 10.1. The van der Waals surface area contributed by atoms with Crippen LogP contribution in [0.2, 0.25) is 0 Å². The number of aromatic nitrogens is 2. The van der Waals surface area contributed by atoms with E-state index in [0.717, 1.165) is 0 Å². The van der Waals surface area contributed by atoms with Gasteiger partial charge in [0.25, 0.3) is 0 Å². The lowest BCUT2D eigenvalue weighted by molar-refractivity contribution is -0.128. The van der Waals surface area contributed by atoms with E-state index in [9.17, 15) is 18.0 Å². The number of halogens is 3. The Labute approximate surface area is 92.6 Å². The largest absolute Gasteiger partial charge is 0.396 e. The first-order valence-electron chi connectivity index (χ1n) is 4.45. The fourth-order valence-corrected chi connectivity index (χ4v) is 2.42. The van der Waals surface area contributed by atoms with Crippen molar-refractivity contribution in [1.82, 2.24) is 10.1 Å². The number of hydrogen-bond donors (Lipinski definition) is 0. The third-order valence-electron chi connectivity index (χ3n) is 2.06. The number of rotatable bonds is 2. The van der Waals surface area contributed by atoms with Crippen LogP contribution in [0.25, 0.3) is 0 Å². The van der Waals surface area contributed by atoms with Crippen LogP contribution in [0.3, 0.4) is 0 Å². The van der Waals surface area contributed by atoms with Crippen molar-refractivity contribution < 1.29 is 22.5 Å². The Morgan fingerprint density at radius 1 is 1.50 bits per heavy atom. The van der Waals surface area contributed by atoms with E-state index in [-0.39, 0.29) is 11.7 Å². The van der Waals surface area contributed by atoms with E-state index >= 15 is 0 Å². The molecule has 2 rings (SSSR count). The van der Waals surface area contributed by atoms with Gasteiger partial charge < -0.3 is 4.52 Å². The zero-order valence-electron chi connectivity index (χ0n) is 7.95. The first-order valence-corrected chi connectivity index (χ1v) is 5.61. The number of ketones is 1. The van der Waals surface area contributed by atoms with Crippen LogP contribution < -0.4 is 0 Å². The molecule has 1 atom stereocenters. The van der Waals surface area contributed by atoms with Gasteiger partial charge in [-0.25, -0.2) is 0 Å². The SMILES string of the molecule is O=C1CSCC1c1nc(CC(F)(F)F)no1. The lowest BCUT2D eigenvalue weighted by Gasteiger charge is -2.00. The molecule has 0 radical (unpaired) electrons. The lowest BCUT2D eigenvalue weighted by Crippen LogP contribution is -2.13. The van der Waals surface area contributed by atoms with Gasteiger partial charge in [-0.15, -0.1) is 0 Å². The number of Topliss-reactive ketones (excluding diaryl/α,β-unsaturated/α-hetero) is 1. The number of hydrogen-bond acceptors (Lipinski definition) is 5. The first kappa shape index (κ1) is 11.4. The van der Waals surface area contributed by atoms with Crippen LogP contribution in [-0.2, 0) is 11.2 Å². The summed E-state index contributed by atoms with van der Waals surface area (Å²) >= 11 is 1.41. The zero-order valence-corrected chi connectivity index (χ0v) is 8.77. The average molecular weight is 252 g/mol. The molecule has 16 heavy (non-hydrogen) atoms. The van der Waals surface area contributed by atoms with Crippen molar-refractivity contribution in [3.05, 3.63) is 11.7 Å². The minimum Gasteiger partial charge on any atom is -0.339 e. The van der Waals surface area contributed by atoms with Gasteiger partial charge in [0.1, 0.15) is 12.3 Å². The highest BCUT2D eigenvalue weighted by atomic mass is 32.2. The van der Waals surface area contributed by atoms with Crippen molar-refractivity contribution in [2.75, 3.05) is 11.5 Å². The minimum atomic E-state index is -4.37. The molecule has 0 N–H and O–H groups in total. The molecular weight excluding hydrogens is 245 g/mol. The summed E-state index contributed by atoms with van der Waals surface area (Å²) in [4.78, 5) is 14.9. The summed E-state index contributed by atoms with van der Waals surface area (Å²) in [6.07, 6.45) is -5.60. The predicted molar refractivity (Wildman–Crippen MR) is 49.1 cm³/mol. The van der Waals surface area contributed by atoms with Crippen LogP contribution >= 0.6 is 11.8 Å². The predicted octanol–water partition coefficient (Wildman–Crippen LogP) is 1.57. The maximum atomic E-state index is 12.0. The molecule has 1 unspecified atom stereocenters. The van der Waals surface area contributed by atoms with Gasteiger partial charge in [0.05, 0.1) is 5.75 Å². The van der Waals surface area contributed by atoms with Crippen LogP contribution in [-0.4, -0.2) is 33.6 Å². The molecule has 1 saturated heterocycles. The van der Waals surface area contributed by atoms with Crippen LogP contribution in [0, 0.1) is 0 Å². The summed E-state index contributed by atoms with van der Waals surface area (Å²) in [5, 5.41) is 3.21. The van der Waals surface area contributed by atoms with E-state index in [0.29, 0.717) is 11.5 Å². The molecule has 1 aliphatic rings. The van der Waals surface area contributed by atoms with Crippen molar-refractivity contribution >= 4 is 17.5 Å². The van der Waals surface area contributed by atoms with Crippen molar-refractivity contribution in [3.63, 3.8) is 0 Å². The van der Waals surface area contributed by atoms with E-state index in [2.05, 4.69) is 14.7 Å². The second-order valence-electron chi connectivity index (χ2n) is 3.37. The molecule has 2 heterocycles. The molecule has 0 saturated carbocycles. The molecule has 0 amide bonds. The molecule has 0 spiro atoms. The quantitative estimate of drug-likeness (QED) is 0.799. The van der Waals surface area contributed by atoms with Crippen LogP contribution in [0.1, 0.15) is 17.6 Å². The molecule has 1 aliphatic heterocycles. The van der Waals surface area contributed by atoms with Crippen LogP contribution in [0.4, 0.5) is 13.2 Å². The average Bonchev–Trinajstić information content (AvgIpc) is 2.71. The Morgan fingerprint density at radius 2 is 2.25 bits per heavy atom. The molecule has 8 heteroatoms. The Bertz CT molecular complexity index is 404. The van der Waals surface area contributed by atoms with Gasteiger partial charge in [-0.05, 0) is 0 Å². The van der Waals surface area contributed by atoms with E-state index in [1.54, 1.807) is 0 Å². The normalized spacial score (nSPS) is 21.7. The molecule has 0 aromatic carbocycles. The highest BCUT2D eigenvalue weighted by Gasteiger charge is 2.34. The smallest absolute Gasteiger partial charge is 0.339 e. The molecule has 88 valence electrons. The monoisotopic (exact) mass is 252 g/mol. The Kier molecular flexibility index (Phi) is 2.92. The fourth-order valence-electron chi connectivity index (χ4n) is 1.34. The maximum absolute atomic E-state index is 12.0. The number of alkyl halides is 3. The summed E-state index contributed by atoms with van der Waals surface area (Å²) in [5.41, 5.74) is 0. The summed E-state index contributed by atoms with van der Waals surface area (Å²) < 4.78 is 40.7. The third-order valence-corrected chi connectivity index (χ3v) is 3.12. The molecular formula is C8H7F3N2O2S. The summed E-state index contributed by atoms with van der Waals surface area (Å²) in [6, 6.07) is 0. The first-order chi connectivity index (χ1) is 7.46. The topological polar surface area (TPSA) is 56.0 Å². The molecule has 1 aromatic heterocycles. The van der Waals surface area contributed by atoms with E-state index < -0.39 is 24.3 Å². The van der Waals surface area contributed by atoms with Gasteiger partial charge in [0, 0.05) is 5.75 Å². The molecule has 1 fully saturated rings. The Morgan fingerprint density at radius 3 is 2.81 bits per heavy atom. The summed E-state index contributed by atoms with van der Waals surface area (Å²) in [7, 11) is 0. The van der Waals surface area contributed by atoms with Crippen LogP contribution in [0.5, 0.6) is 0 Å². The van der Waals surface area contributed by atoms with Gasteiger partial charge >= 0.3 is 6.18 Å². The summed E-state index contributed by atoms with van der Waals surface area (Å²) in [5.74, 6) is -0.207. The van der Waals surface area contributed by atoms with E-state index in [1.807, 2.05) is 0 Å². The Balaban J connectivity index is 2.10. The van der Waals surface area contributed by atoms with Gasteiger partial charge in [-0.1, -0.05) is 5.16 Å². The van der Waals surface area contributed by atoms with Gasteiger partial charge in [0.15, 0.2) is 11.6 Å². The maximum Gasteiger partial charge on any atom is 0.396 e. The van der Waals surface area contributed by atoms with Crippen molar-refractivity contribution in [2.45, 2.75) is 18.5 Å². The standard InChI is InChI=1S/C8H7F3N2O2S/c9-8(10,11)1-6-12-7(15-13-6)4-2-16-3-5(4)14/h4H,1-3H2. The molecule has 0 aliphatic carbocycles. The van der Waals surface area contributed by atoms with E-state index in [4.69, 9.17) is 0 Å². The highest BCUT2D eigenvalue weighted by Crippen LogP contribution is 2.29. The van der Waals surface area contributed by atoms with Crippen molar-refractivity contribution in [1.29, 1.82) is 0 Å².